The molecule has 1 fully saturated rings. The van der Waals surface area contributed by atoms with E-state index >= 15 is 0 Å². The second kappa shape index (κ2) is 17.6. The number of esters is 1. The predicted molar refractivity (Wildman–Crippen MR) is 226 cm³/mol. The number of nitrogens with zero attached hydrogens (tertiary/aromatic N) is 5. The number of hydrogen-bond donors (Lipinski definition) is 3. The van der Waals surface area contributed by atoms with Gasteiger partial charge in [-0.15, -0.1) is 11.3 Å². The van der Waals surface area contributed by atoms with Crippen molar-refractivity contribution in [2.24, 2.45) is 11.1 Å². The van der Waals surface area contributed by atoms with Crippen LogP contribution in [-0.4, -0.2) is 109 Å². The number of thiazole rings is 1. The maximum atomic E-state index is 13.2. The molecule has 2 aliphatic rings. The van der Waals surface area contributed by atoms with E-state index in [2.05, 4.69) is 86.0 Å². The minimum absolute atomic E-state index is 0.170. The van der Waals surface area contributed by atoms with Gasteiger partial charge >= 0.3 is 5.97 Å². The minimum atomic E-state index is -0.833. The van der Waals surface area contributed by atoms with Gasteiger partial charge in [-0.3, -0.25) is 19.4 Å². The molecule has 1 saturated heterocycles. The zero-order valence-corrected chi connectivity index (χ0v) is 35.7. The summed E-state index contributed by atoms with van der Waals surface area (Å²) in [7, 11) is 4.07. The van der Waals surface area contributed by atoms with Crippen molar-refractivity contribution in [3.63, 3.8) is 0 Å². The Balaban J connectivity index is 1.52. The first kappa shape index (κ1) is 42.2. The number of cyclic esters (lactones) is 1. The fourth-order valence-corrected chi connectivity index (χ4v) is 8.91. The Labute approximate surface area is 340 Å². The molecule has 4 N–H and O–H groups in total. The molecule has 0 aliphatic carbocycles. The number of hydrogen-bond acceptors (Lipinski definition) is 10. The number of nitrogens with one attached hydrogen (secondary N) is 2. The van der Waals surface area contributed by atoms with Gasteiger partial charge in [0.15, 0.2) is 0 Å². The standard InChI is InChI=1S/C43H60N8O5S/c1-9-50-37-13-12-29-19-31(37)33(40(50)32-20-30(23-46-39(32)28(4)55-8)49-15-17-51(7,18-16-49)27(2)3)22-43(5,6)25-56-42(54)34(44)11-10-14-45-41(53)35(47-26-52)21-38-48-36(29)24-57-38/h12-13,19-20,23-24,26-28,34-35H,9-11,14-18,21-22,25,44H2,1-8H3,(H-,45,47,52,53)/p+1. The average Bonchev–Trinajstić information content (AvgIpc) is 3.79. The summed E-state index contributed by atoms with van der Waals surface area (Å²) in [6.07, 6.45) is 3.94. The van der Waals surface area contributed by atoms with Gasteiger partial charge in [0.2, 0.25) is 12.3 Å². The molecule has 4 bridgehead atoms. The number of benzene rings is 1. The van der Waals surface area contributed by atoms with Gasteiger partial charge in [0, 0.05) is 59.4 Å². The van der Waals surface area contributed by atoms with Crippen molar-refractivity contribution in [2.45, 2.75) is 98.0 Å². The van der Waals surface area contributed by atoms with Gasteiger partial charge < -0.3 is 39.8 Å². The average molecular weight is 802 g/mol. The number of aromatic nitrogens is 3. The number of likely N-dealkylation sites (N-methyl/N-ethyl adjacent to an activating group) is 1. The van der Waals surface area contributed by atoms with Crippen LogP contribution in [0.2, 0.25) is 0 Å². The zero-order valence-electron chi connectivity index (χ0n) is 34.9. The lowest BCUT2D eigenvalue weighted by Crippen LogP contribution is -2.60. The molecular weight excluding hydrogens is 741 g/mol. The molecule has 0 radical (unpaired) electrons. The van der Waals surface area contributed by atoms with Gasteiger partial charge in [-0.25, -0.2) is 4.98 Å². The zero-order chi connectivity index (χ0) is 41.1. The number of nitrogens with two attached hydrogens (primary N) is 1. The number of quaternary nitrogens is 1. The molecule has 1 aromatic carbocycles. The fraction of sp³-hybridized carbons (Fsp3) is 0.558. The first-order chi connectivity index (χ1) is 27.2. The topological polar surface area (TPSA) is 154 Å². The molecule has 3 atom stereocenters. The van der Waals surface area contributed by atoms with Crippen LogP contribution in [0, 0.1) is 5.41 Å². The molecule has 3 unspecified atom stereocenters. The van der Waals surface area contributed by atoms with Crippen molar-refractivity contribution in [1.82, 2.24) is 25.2 Å². The van der Waals surface area contributed by atoms with E-state index in [1.165, 1.54) is 11.3 Å². The second-order valence-corrected chi connectivity index (χ2v) is 17.9. The van der Waals surface area contributed by atoms with Crippen molar-refractivity contribution in [3.05, 3.63) is 52.1 Å². The van der Waals surface area contributed by atoms with E-state index in [4.69, 9.17) is 25.2 Å². The lowest BCUT2D eigenvalue weighted by molar-refractivity contribution is -0.930. The van der Waals surface area contributed by atoms with E-state index in [9.17, 15) is 14.4 Å². The van der Waals surface area contributed by atoms with Crippen molar-refractivity contribution in [3.8, 4) is 22.5 Å². The Kier molecular flexibility index (Phi) is 13.1. The number of anilines is 1. The van der Waals surface area contributed by atoms with Gasteiger partial charge in [-0.1, -0.05) is 19.9 Å². The first-order valence-corrected chi connectivity index (χ1v) is 21.2. The molecule has 57 heavy (non-hydrogen) atoms. The fourth-order valence-electron chi connectivity index (χ4n) is 8.06. The molecule has 2 amide bonds. The second-order valence-electron chi connectivity index (χ2n) is 17.0. The van der Waals surface area contributed by atoms with Crippen LogP contribution < -0.4 is 21.3 Å². The molecule has 4 aromatic rings. The van der Waals surface area contributed by atoms with Gasteiger partial charge in [-0.2, -0.15) is 0 Å². The number of amides is 2. The summed E-state index contributed by atoms with van der Waals surface area (Å²) in [6.45, 7) is 18.2. The van der Waals surface area contributed by atoms with Crippen LogP contribution in [0.5, 0.6) is 0 Å². The molecule has 5 heterocycles. The number of methoxy groups -OCH3 is 1. The van der Waals surface area contributed by atoms with Crippen molar-refractivity contribution < 1.29 is 28.3 Å². The number of ether oxygens (including phenoxy) is 2. The summed E-state index contributed by atoms with van der Waals surface area (Å²) in [4.78, 5) is 50.3. The lowest BCUT2D eigenvalue weighted by atomic mass is 9.84. The predicted octanol–water partition coefficient (Wildman–Crippen LogP) is 5.24. The van der Waals surface area contributed by atoms with Crippen molar-refractivity contribution in [1.29, 1.82) is 0 Å². The number of rotatable bonds is 8. The summed E-state index contributed by atoms with van der Waals surface area (Å²) >= 11 is 1.46. The lowest BCUT2D eigenvalue weighted by Gasteiger charge is -2.45. The summed E-state index contributed by atoms with van der Waals surface area (Å²) in [5, 5.41) is 9.33. The smallest absolute Gasteiger partial charge is 0.322 e. The van der Waals surface area contributed by atoms with Gasteiger partial charge in [-0.05, 0) is 70.7 Å². The van der Waals surface area contributed by atoms with Crippen LogP contribution in [-0.2, 0) is 43.2 Å². The van der Waals surface area contributed by atoms with E-state index in [-0.39, 0.29) is 25.0 Å². The van der Waals surface area contributed by atoms with E-state index in [0.717, 1.165) is 86.0 Å². The number of aryl methyl sites for hydroxylation is 1. The molecule has 308 valence electrons. The molecule has 2 aliphatic heterocycles. The Morgan fingerprint density at radius 3 is 2.63 bits per heavy atom. The number of carbonyl (C=O) groups excluding carboxylic acids is 3. The largest absolute Gasteiger partial charge is 0.464 e. The van der Waals surface area contributed by atoms with Crippen LogP contribution in [0.4, 0.5) is 5.69 Å². The molecular formula is C43H61N8O5S+. The molecule has 6 rings (SSSR count). The quantitative estimate of drug-likeness (QED) is 0.124. The van der Waals surface area contributed by atoms with Crippen LogP contribution >= 0.6 is 11.3 Å². The van der Waals surface area contributed by atoms with Gasteiger partial charge in [0.25, 0.3) is 0 Å². The SMILES string of the molecule is CCn1c(-c2cc(N3CC[N+](C)(C(C)C)CC3)cnc2C(C)OC)c2c3cc(ccc31)-c1csc(n1)CC(NC=O)C(=O)NCCCC(N)C(=O)OCC(C)(C)C2. The number of piperazine rings is 1. The summed E-state index contributed by atoms with van der Waals surface area (Å²) in [5.41, 5.74) is 13.8. The van der Waals surface area contributed by atoms with Gasteiger partial charge in [0.1, 0.15) is 12.1 Å². The summed E-state index contributed by atoms with van der Waals surface area (Å²) < 4.78 is 15.3. The third-order valence-electron chi connectivity index (χ3n) is 12.1. The first-order valence-electron chi connectivity index (χ1n) is 20.3. The maximum absolute atomic E-state index is 13.2. The molecule has 0 spiro atoms. The molecule has 3 aromatic heterocycles. The van der Waals surface area contributed by atoms with E-state index in [1.54, 1.807) is 7.11 Å². The highest BCUT2D eigenvalue weighted by atomic mass is 32.1. The van der Waals surface area contributed by atoms with Crippen LogP contribution in [0.1, 0.15) is 76.8 Å². The third-order valence-corrected chi connectivity index (χ3v) is 13.0. The Bertz CT molecular complexity index is 2070. The normalized spacial score (nSPS) is 21.3. The highest BCUT2D eigenvalue weighted by Gasteiger charge is 2.34. The highest BCUT2D eigenvalue weighted by Crippen LogP contribution is 2.43. The Hall–Kier alpha value is -4.37. The number of pyridine rings is 1. The summed E-state index contributed by atoms with van der Waals surface area (Å²) in [5.74, 6) is -0.789. The number of carbonyl (C=O) groups is 3. The Morgan fingerprint density at radius 1 is 1.19 bits per heavy atom. The highest BCUT2D eigenvalue weighted by molar-refractivity contribution is 7.10. The van der Waals surface area contributed by atoms with E-state index < -0.39 is 23.5 Å². The van der Waals surface area contributed by atoms with Crippen molar-refractivity contribution in [2.75, 3.05) is 58.4 Å². The monoisotopic (exact) mass is 801 g/mol. The van der Waals surface area contributed by atoms with Crippen LogP contribution in [0.3, 0.4) is 0 Å². The molecule has 14 heteroatoms. The van der Waals surface area contributed by atoms with E-state index in [1.807, 2.05) is 18.5 Å². The Morgan fingerprint density at radius 2 is 1.95 bits per heavy atom. The molecule has 0 saturated carbocycles. The van der Waals surface area contributed by atoms with Crippen molar-refractivity contribution >= 4 is 46.2 Å². The third kappa shape index (κ3) is 9.19. The summed E-state index contributed by atoms with van der Waals surface area (Å²) in [6, 6.07) is 7.69. The van der Waals surface area contributed by atoms with Gasteiger partial charge in [0.05, 0.1) is 86.0 Å². The molecule has 13 nitrogen and oxygen atoms in total. The van der Waals surface area contributed by atoms with E-state index in [0.29, 0.717) is 44.8 Å². The maximum Gasteiger partial charge on any atom is 0.322 e. The van der Waals surface area contributed by atoms with Crippen LogP contribution in [0.15, 0.2) is 35.8 Å². The minimum Gasteiger partial charge on any atom is -0.464 e. The number of fused-ring (bicyclic) bond motifs is 4. The van der Waals surface area contributed by atoms with Crippen LogP contribution in [0.25, 0.3) is 33.4 Å².